The highest BCUT2D eigenvalue weighted by Gasteiger charge is 2.18. The Bertz CT molecular complexity index is 412. The Labute approximate surface area is 95.4 Å². The molecule has 0 spiro atoms. The number of hydrogen-bond acceptors (Lipinski definition) is 4. The average molecular weight is 274 g/mol. The molecular weight excluding hydrogens is 262 g/mol. The molecule has 0 unspecified atom stereocenters. The van der Waals surface area contributed by atoms with Crippen LogP contribution in [-0.2, 0) is 4.74 Å². The van der Waals surface area contributed by atoms with Gasteiger partial charge in [0.2, 0.25) is 0 Å². The van der Waals surface area contributed by atoms with Crippen LogP contribution in [0.4, 0.5) is 5.82 Å². The van der Waals surface area contributed by atoms with Crippen LogP contribution in [0.1, 0.15) is 25.5 Å². The Hall–Kier alpha value is -0.880. The van der Waals surface area contributed by atoms with E-state index in [2.05, 4.69) is 20.9 Å². The van der Waals surface area contributed by atoms with Crippen molar-refractivity contribution in [3.8, 4) is 0 Å². The predicted octanol–water partition coefficient (Wildman–Crippen LogP) is 1.29. The van der Waals surface area contributed by atoms with Crippen LogP contribution in [0, 0.1) is 0 Å². The van der Waals surface area contributed by atoms with Crippen LogP contribution in [-0.4, -0.2) is 16.2 Å². The van der Waals surface area contributed by atoms with Crippen LogP contribution in [0.25, 0.3) is 0 Å². The zero-order chi connectivity index (χ0) is 10.8. The molecular formula is C9H12BrN3O2. The van der Waals surface area contributed by atoms with E-state index in [-0.39, 0.29) is 17.7 Å². The SMILES string of the molecule is Nc1nc(=O)n([C@H]2CCCCO2)cc1Br. The van der Waals surface area contributed by atoms with Gasteiger partial charge >= 0.3 is 5.69 Å². The van der Waals surface area contributed by atoms with Gasteiger partial charge in [-0.2, -0.15) is 4.98 Å². The molecule has 2 rings (SSSR count). The number of rotatable bonds is 1. The van der Waals surface area contributed by atoms with Crippen molar-refractivity contribution in [1.29, 1.82) is 0 Å². The number of nitrogens with zero attached hydrogens (tertiary/aromatic N) is 2. The van der Waals surface area contributed by atoms with Gasteiger partial charge in [-0.3, -0.25) is 4.57 Å². The fourth-order valence-electron chi connectivity index (χ4n) is 1.61. The molecule has 2 heterocycles. The fourth-order valence-corrected chi connectivity index (χ4v) is 1.92. The van der Waals surface area contributed by atoms with Gasteiger partial charge in [0.15, 0.2) is 0 Å². The molecule has 5 nitrogen and oxygen atoms in total. The maximum Gasteiger partial charge on any atom is 0.351 e. The molecule has 82 valence electrons. The van der Waals surface area contributed by atoms with Gasteiger partial charge in [0.1, 0.15) is 12.0 Å². The Morgan fingerprint density at radius 1 is 1.60 bits per heavy atom. The molecule has 1 atom stereocenters. The van der Waals surface area contributed by atoms with Crippen molar-refractivity contribution in [3.63, 3.8) is 0 Å². The minimum Gasteiger partial charge on any atom is -0.383 e. The molecule has 1 aromatic heterocycles. The fraction of sp³-hybridized carbons (Fsp3) is 0.556. The van der Waals surface area contributed by atoms with E-state index in [0.717, 1.165) is 19.3 Å². The normalized spacial score (nSPS) is 21.5. The maximum absolute atomic E-state index is 11.6. The summed E-state index contributed by atoms with van der Waals surface area (Å²) in [5.41, 5.74) is 5.15. The Balaban J connectivity index is 2.34. The third-order valence-electron chi connectivity index (χ3n) is 2.40. The van der Waals surface area contributed by atoms with Crippen molar-refractivity contribution in [3.05, 3.63) is 21.2 Å². The molecule has 6 heteroatoms. The topological polar surface area (TPSA) is 70.1 Å². The lowest BCUT2D eigenvalue weighted by atomic mass is 10.2. The standard InChI is InChI=1S/C9H12BrN3O2/c10-6-5-13(9(14)12-8(6)11)7-3-1-2-4-15-7/h5,7H,1-4H2,(H2,11,12,14)/t7-/m1/s1. The molecule has 2 N–H and O–H groups in total. The number of halogens is 1. The second kappa shape index (κ2) is 4.32. The van der Waals surface area contributed by atoms with Crippen LogP contribution >= 0.6 is 15.9 Å². The smallest absolute Gasteiger partial charge is 0.351 e. The van der Waals surface area contributed by atoms with E-state index < -0.39 is 0 Å². The molecule has 0 aliphatic carbocycles. The van der Waals surface area contributed by atoms with E-state index in [1.54, 1.807) is 6.20 Å². The zero-order valence-electron chi connectivity index (χ0n) is 8.15. The Morgan fingerprint density at radius 3 is 3.07 bits per heavy atom. The first-order valence-corrected chi connectivity index (χ1v) is 5.63. The summed E-state index contributed by atoms with van der Waals surface area (Å²) in [4.78, 5) is 15.3. The van der Waals surface area contributed by atoms with Crippen LogP contribution in [0.15, 0.2) is 15.5 Å². The second-order valence-electron chi connectivity index (χ2n) is 3.49. The molecule has 1 aliphatic rings. The quantitative estimate of drug-likeness (QED) is 0.837. The van der Waals surface area contributed by atoms with E-state index in [9.17, 15) is 4.79 Å². The van der Waals surface area contributed by atoms with Gasteiger partial charge in [0.25, 0.3) is 0 Å². The lowest BCUT2D eigenvalue weighted by molar-refractivity contribution is -0.0349. The van der Waals surface area contributed by atoms with Crippen LogP contribution in [0.2, 0.25) is 0 Å². The Morgan fingerprint density at radius 2 is 2.40 bits per heavy atom. The van der Waals surface area contributed by atoms with Crippen molar-refractivity contribution >= 4 is 21.7 Å². The zero-order valence-corrected chi connectivity index (χ0v) is 9.74. The molecule has 1 aromatic rings. The predicted molar refractivity (Wildman–Crippen MR) is 59.4 cm³/mol. The number of hydrogen-bond donors (Lipinski definition) is 1. The van der Waals surface area contributed by atoms with Crippen molar-refractivity contribution < 1.29 is 4.74 Å². The first kappa shape index (κ1) is 10.6. The first-order valence-electron chi connectivity index (χ1n) is 4.84. The lowest BCUT2D eigenvalue weighted by Crippen LogP contribution is -2.30. The largest absolute Gasteiger partial charge is 0.383 e. The summed E-state index contributed by atoms with van der Waals surface area (Å²) in [6.45, 7) is 0.694. The monoisotopic (exact) mass is 273 g/mol. The van der Waals surface area contributed by atoms with Gasteiger partial charge in [-0.15, -0.1) is 0 Å². The summed E-state index contributed by atoms with van der Waals surface area (Å²) in [6, 6.07) is 0. The highest BCUT2D eigenvalue weighted by atomic mass is 79.9. The Kier molecular flexibility index (Phi) is 3.06. The molecule has 1 saturated heterocycles. The van der Waals surface area contributed by atoms with Crippen LogP contribution in [0.5, 0.6) is 0 Å². The third-order valence-corrected chi connectivity index (χ3v) is 3.01. The average Bonchev–Trinajstić information content (AvgIpc) is 2.25. The van der Waals surface area contributed by atoms with Crippen molar-refractivity contribution in [2.45, 2.75) is 25.5 Å². The number of aromatic nitrogens is 2. The number of nitrogens with two attached hydrogens (primary N) is 1. The van der Waals surface area contributed by atoms with Gasteiger partial charge < -0.3 is 10.5 Å². The van der Waals surface area contributed by atoms with Gasteiger partial charge in [-0.1, -0.05) is 0 Å². The minimum absolute atomic E-state index is 0.198. The van der Waals surface area contributed by atoms with Crippen LogP contribution < -0.4 is 11.4 Å². The molecule has 0 bridgehead atoms. The van der Waals surface area contributed by atoms with E-state index in [1.165, 1.54) is 4.57 Å². The molecule has 1 aliphatic heterocycles. The van der Waals surface area contributed by atoms with Crippen LogP contribution in [0.3, 0.4) is 0 Å². The van der Waals surface area contributed by atoms with E-state index in [1.807, 2.05) is 0 Å². The summed E-state index contributed by atoms with van der Waals surface area (Å²) in [7, 11) is 0. The minimum atomic E-state index is -0.359. The molecule has 0 saturated carbocycles. The van der Waals surface area contributed by atoms with Gasteiger partial charge in [0, 0.05) is 12.8 Å². The van der Waals surface area contributed by atoms with E-state index in [4.69, 9.17) is 10.5 Å². The molecule has 1 fully saturated rings. The van der Waals surface area contributed by atoms with Crippen molar-refractivity contribution in [2.24, 2.45) is 0 Å². The molecule has 0 amide bonds. The van der Waals surface area contributed by atoms with E-state index in [0.29, 0.717) is 11.1 Å². The molecule has 15 heavy (non-hydrogen) atoms. The summed E-state index contributed by atoms with van der Waals surface area (Å²) in [5.74, 6) is 0.215. The number of ether oxygens (including phenoxy) is 1. The summed E-state index contributed by atoms with van der Waals surface area (Å²) >= 11 is 3.24. The highest BCUT2D eigenvalue weighted by molar-refractivity contribution is 9.10. The second-order valence-corrected chi connectivity index (χ2v) is 4.34. The molecule has 0 aromatic carbocycles. The number of anilines is 1. The highest BCUT2D eigenvalue weighted by Crippen LogP contribution is 2.22. The van der Waals surface area contributed by atoms with Crippen molar-refractivity contribution in [1.82, 2.24) is 9.55 Å². The molecule has 0 radical (unpaired) electrons. The number of nitrogen functional groups attached to an aromatic ring is 1. The van der Waals surface area contributed by atoms with Gasteiger partial charge in [-0.25, -0.2) is 4.79 Å². The summed E-state index contributed by atoms with van der Waals surface area (Å²) in [6.07, 6.45) is 4.41. The summed E-state index contributed by atoms with van der Waals surface area (Å²) in [5, 5.41) is 0. The van der Waals surface area contributed by atoms with Gasteiger partial charge in [0.05, 0.1) is 4.47 Å². The maximum atomic E-state index is 11.6. The lowest BCUT2D eigenvalue weighted by Gasteiger charge is -2.24. The van der Waals surface area contributed by atoms with Gasteiger partial charge in [-0.05, 0) is 35.2 Å². The van der Waals surface area contributed by atoms with Crippen molar-refractivity contribution in [2.75, 3.05) is 12.3 Å². The van der Waals surface area contributed by atoms with E-state index >= 15 is 0 Å². The first-order chi connectivity index (χ1) is 7.18. The summed E-state index contributed by atoms with van der Waals surface area (Å²) < 4.78 is 7.61. The third kappa shape index (κ3) is 2.21.